The molecule has 3 fully saturated rings. The summed E-state index contributed by atoms with van der Waals surface area (Å²) in [6, 6.07) is 0.692. The highest BCUT2D eigenvalue weighted by molar-refractivity contribution is 4.94. The van der Waals surface area contributed by atoms with Crippen LogP contribution in [0.1, 0.15) is 45.4 Å². The quantitative estimate of drug-likeness (QED) is 0.812. The maximum absolute atomic E-state index is 5.73. The first-order valence-corrected chi connectivity index (χ1v) is 7.56. The molecule has 1 heterocycles. The van der Waals surface area contributed by atoms with Gasteiger partial charge in [-0.2, -0.15) is 0 Å². The number of ether oxygens (including phenoxy) is 1. The lowest BCUT2D eigenvalue weighted by atomic mass is 9.80. The highest BCUT2D eigenvalue weighted by Gasteiger charge is 2.42. The Morgan fingerprint density at radius 2 is 2.12 bits per heavy atom. The Kier molecular flexibility index (Phi) is 3.45. The monoisotopic (exact) mass is 237 g/mol. The molecule has 0 spiro atoms. The van der Waals surface area contributed by atoms with Crippen LogP contribution in [0.25, 0.3) is 0 Å². The Bertz CT molecular complexity index is 268. The fourth-order valence-corrected chi connectivity index (χ4v) is 4.77. The van der Waals surface area contributed by atoms with Gasteiger partial charge in [0.1, 0.15) is 0 Å². The molecule has 0 radical (unpaired) electrons. The van der Waals surface area contributed by atoms with Crippen molar-refractivity contribution < 1.29 is 4.74 Å². The number of hydrogen-bond acceptors (Lipinski definition) is 2. The minimum atomic E-state index is 0.464. The molecule has 3 rings (SSSR count). The molecule has 0 aromatic heterocycles. The van der Waals surface area contributed by atoms with Crippen molar-refractivity contribution in [1.82, 2.24) is 5.32 Å². The minimum absolute atomic E-state index is 0.464. The summed E-state index contributed by atoms with van der Waals surface area (Å²) >= 11 is 0. The molecule has 6 unspecified atom stereocenters. The molecule has 17 heavy (non-hydrogen) atoms. The van der Waals surface area contributed by atoms with Crippen molar-refractivity contribution in [3.8, 4) is 0 Å². The second-order valence-electron chi connectivity index (χ2n) is 6.59. The van der Waals surface area contributed by atoms with E-state index >= 15 is 0 Å². The fourth-order valence-electron chi connectivity index (χ4n) is 4.77. The summed E-state index contributed by atoms with van der Waals surface area (Å²) in [6.45, 7) is 3.23. The number of hydrogen-bond donors (Lipinski definition) is 1. The van der Waals surface area contributed by atoms with E-state index in [-0.39, 0.29) is 0 Å². The van der Waals surface area contributed by atoms with Crippen molar-refractivity contribution in [3.63, 3.8) is 0 Å². The SMILES string of the molecule is CNC(CC1CC2CCC1C2)C1CCOC1C. The molecule has 3 aliphatic rings. The zero-order valence-corrected chi connectivity index (χ0v) is 11.3. The molecule has 1 aliphatic heterocycles. The van der Waals surface area contributed by atoms with Crippen LogP contribution in [-0.4, -0.2) is 25.8 Å². The predicted molar refractivity (Wildman–Crippen MR) is 69.9 cm³/mol. The molecular weight excluding hydrogens is 210 g/mol. The van der Waals surface area contributed by atoms with E-state index in [4.69, 9.17) is 4.74 Å². The normalized spacial score (nSPS) is 46.6. The predicted octanol–water partition coefficient (Wildman–Crippen LogP) is 2.83. The number of fused-ring (bicyclic) bond motifs is 2. The van der Waals surface area contributed by atoms with Crippen LogP contribution in [0.4, 0.5) is 0 Å². The van der Waals surface area contributed by atoms with Crippen molar-refractivity contribution in [3.05, 3.63) is 0 Å². The molecule has 98 valence electrons. The van der Waals surface area contributed by atoms with Gasteiger partial charge in [0, 0.05) is 18.6 Å². The highest BCUT2D eigenvalue weighted by atomic mass is 16.5. The smallest absolute Gasteiger partial charge is 0.0590 e. The average Bonchev–Trinajstić information content (AvgIpc) is 3.02. The molecule has 1 N–H and O–H groups in total. The third kappa shape index (κ3) is 2.26. The van der Waals surface area contributed by atoms with Crippen molar-refractivity contribution >= 4 is 0 Å². The van der Waals surface area contributed by atoms with Crippen LogP contribution >= 0.6 is 0 Å². The molecule has 0 amide bonds. The topological polar surface area (TPSA) is 21.3 Å². The van der Waals surface area contributed by atoms with Crippen LogP contribution in [0.15, 0.2) is 0 Å². The third-order valence-corrected chi connectivity index (χ3v) is 5.76. The standard InChI is InChI=1S/C15H27NO/c1-10-14(5-6-17-10)15(16-2)9-13-8-11-3-4-12(13)7-11/h10-16H,3-9H2,1-2H3. The van der Waals surface area contributed by atoms with Gasteiger partial charge in [-0.1, -0.05) is 6.42 Å². The largest absolute Gasteiger partial charge is 0.378 e. The highest BCUT2D eigenvalue weighted by Crippen LogP contribution is 2.50. The molecule has 0 aromatic carbocycles. The number of nitrogens with one attached hydrogen (secondary N) is 1. The van der Waals surface area contributed by atoms with Gasteiger partial charge in [-0.25, -0.2) is 0 Å². The Morgan fingerprint density at radius 3 is 2.65 bits per heavy atom. The van der Waals surface area contributed by atoms with Crippen LogP contribution in [0, 0.1) is 23.7 Å². The van der Waals surface area contributed by atoms with E-state index in [1.807, 2.05) is 0 Å². The van der Waals surface area contributed by atoms with Gasteiger partial charge >= 0.3 is 0 Å². The zero-order chi connectivity index (χ0) is 11.8. The fraction of sp³-hybridized carbons (Fsp3) is 1.00. The molecule has 1 saturated heterocycles. The summed E-state index contributed by atoms with van der Waals surface area (Å²) in [4.78, 5) is 0. The molecular formula is C15H27NO. The van der Waals surface area contributed by atoms with Crippen molar-refractivity contribution in [1.29, 1.82) is 0 Å². The molecule has 2 heteroatoms. The third-order valence-electron chi connectivity index (χ3n) is 5.76. The van der Waals surface area contributed by atoms with Gasteiger partial charge in [0.25, 0.3) is 0 Å². The minimum Gasteiger partial charge on any atom is -0.378 e. The summed E-state index contributed by atoms with van der Waals surface area (Å²) in [5.41, 5.74) is 0. The maximum atomic E-state index is 5.73. The van der Waals surface area contributed by atoms with E-state index in [0.29, 0.717) is 12.1 Å². The van der Waals surface area contributed by atoms with E-state index in [0.717, 1.165) is 30.3 Å². The van der Waals surface area contributed by atoms with Crippen molar-refractivity contribution in [2.75, 3.05) is 13.7 Å². The zero-order valence-electron chi connectivity index (χ0n) is 11.3. The van der Waals surface area contributed by atoms with Crippen LogP contribution < -0.4 is 5.32 Å². The first kappa shape index (κ1) is 12.0. The molecule has 2 saturated carbocycles. The van der Waals surface area contributed by atoms with Crippen molar-refractivity contribution in [2.45, 2.75) is 57.6 Å². The maximum Gasteiger partial charge on any atom is 0.0590 e. The van der Waals surface area contributed by atoms with Gasteiger partial charge in [-0.15, -0.1) is 0 Å². The van der Waals surface area contributed by atoms with Crippen molar-refractivity contribution in [2.24, 2.45) is 23.7 Å². The number of rotatable bonds is 4. The van der Waals surface area contributed by atoms with Crippen LogP contribution in [-0.2, 0) is 4.74 Å². The second kappa shape index (κ2) is 4.89. The van der Waals surface area contributed by atoms with Gasteiger partial charge in [-0.05, 0) is 63.8 Å². The van der Waals surface area contributed by atoms with Crippen LogP contribution in [0.5, 0.6) is 0 Å². The van der Waals surface area contributed by atoms with E-state index in [1.165, 1.54) is 38.5 Å². The lowest BCUT2D eigenvalue weighted by Crippen LogP contribution is -2.39. The average molecular weight is 237 g/mol. The Morgan fingerprint density at radius 1 is 1.24 bits per heavy atom. The van der Waals surface area contributed by atoms with Crippen LogP contribution in [0.3, 0.4) is 0 Å². The van der Waals surface area contributed by atoms with E-state index in [9.17, 15) is 0 Å². The van der Waals surface area contributed by atoms with Gasteiger partial charge in [-0.3, -0.25) is 0 Å². The Labute approximate surface area is 105 Å². The Hall–Kier alpha value is -0.0800. The summed E-state index contributed by atoms with van der Waals surface area (Å²) in [5.74, 6) is 3.91. The molecule has 2 aliphatic carbocycles. The molecule has 2 nitrogen and oxygen atoms in total. The summed E-state index contributed by atoms with van der Waals surface area (Å²) < 4.78 is 5.73. The van der Waals surface area contributed by atoms with Gasteiger partial charge in [0.2, 0.25) is 0 Å². The summed E-state index contributed by atoms with van der Waals surface area (Å²) in [5, 5.41) is 3.58. The molecule has 6 atom stereocenters. The first-order chi connectivity index (χ1) is 8.28. The van der Waals surface area contributed by atoms with Crippen LogP contribution in [0.2, 0.25) is 0 Å². The summed E-state index contributed by atoms with van der Waals surface area (Å²) in [7, 11) is 2.14. The van der Waals surface area contributed by atoms with Gasteiger partial charge < -0.3 is 10.1 Å². The van der Waals surface area contributed by atoms with E-state index < -0.39 is 0 Å². The summed E-state index contributed by atoms with van der Waals surface area (Å²) in [6.07, 6.45) is 9.22. The molecule has 2 bridgehead atoms. The van der Waals surface area contributed by atoms with Gasteiger partial charge in [0.05, 0.1) is 6.10 Å². The van der Waals surface area contributed by atoms with Gasteiger partial charge in [0.15, 0.2) is 0 Å². The van der Waals surface area contributed by atoms with E-state index in [1.54, 1.807) is 0 Å². The lowest BCUT2D eigenvalue weighted by Gasteiger charge is -2.31. The second-order valence-corrected chi connectivity index (χ2v) is 6.59. The van der Waals surface area contributed by atoms with E-state index in [2.05, 4.69) is 19.3 Å². The molecule has 0 aromatic rings. The lowest BCUT2D eigenvalue weighted by molar-refractivity contribution is 0.0909. The Balaban J connectivity index is 1.58. The first-order valence-electron chi connectivity index (χ1n) is 7.56.